The number of nitrogens with one attached hydrogen (secondary N) is 1. The highest BCUT2D eigenvalue weighted by Crippen LogP contribution is 2.39. The Morgan fingerprint density at radius 2 is 2.08 bits per heavy atom. The van der Waals surface area contributed by atoms with E-state index in [0.29, 0.717) is 6.42 Å². The number of amides is 1. The molecule has 4 nitrogen and oxygen atoms in total. The third kappa shape index (κ3) is 4.10. The van der Waals surface area contributed by atoms with Crippen LogP contribution in [0.25, 0.3) is 0 Å². The lowest BCUT2D eigenvalue weighted by Gasteiger charge is -2.38. The summed E-state index contributed by atoms with van der Waals surface area (Å²) in [6, 6.07) is 11.8. The molecule has 0 radical (unpaired) electrons. The van der Waals surface area contributed by atoms with Crippen LogP contribution < -0.4 is 14.8 Å². The van der Waals surface area contributed by atoms with Gasteiger partial charge in [0.2, 0.25) is 0 Å². The van der Waals surface area contributed by atoms with Crippen molar-refractivity contribution in [2.75, 3.05) is 6.61 Å². The van der Waals surface area contributed by atoms with Crippen LogP contribution in [0.5, 0.6) is 11.5 Å². The van der Waals surface area contributed by atoms with E-state index in [1.807, 2.05) is 39.0 Å². The van der Waals surface area contributed by atoms with Gasteiger partial charge in [0.25, 0.3) is 5.91 Å². The molecule has 1 aliphatic heterocycles. The highest BCUT2D eigenvalue weighted by molar-refractivity contribution is 5.78. The first-order chi connectivity index (χ1) is 11.8. The van der Waals surface area contributed by atoms with Crippen LogP contribution in [0.1, 0.15) is 37.4 Å². The van der Waals surface area contributed by atoms with Crippen LogP contribution in [0.3, 0.4) is 0 Å². The van der Waals surface area contributed by atoms with Crippen molar-refractivity contribution >= 4 is 5.91 Å². The molecule has 1 amide bonds. The average molecular weight is 343 g/mol. The number of carbonyl (C=O) groups excluding carboxylic acids is 1. The Kier molecular flexibility index (Phi) is 4.66. The number of rotatable bonds is 4. The molecule has 1 heterocycles. The fourth-order valence-electron chi connectivity index (χ4n) is 3.03. The smallest absolute Gasteiger partial charge is 0.258 e. The van der Waals surface area contributed by atoms with Crippen molar-refractivity contribution in [3.8, 4) is 11.5 Å². The Labute approximate surface area is 147 Å². The van der Waals surface area contributed by atoms with Gasteiger partial charge in [-0.3, -0.25) is 4.79 Å². The fourth-order valence-corrected chi connectivity index (χ4v) is 3.03. The van der Waals surface area contributed by atoms with Gasteiger partial charge in [-0.25, -0.2) is 4.39 Å². The number of carbonyl (C=O) groups is 1. The van der Waals surface area contributed by atoms with E-state index >= 15 is 0 Å². The monoisotopic (exact) mass is 343 g/mol. The second-order valence-electron chi connectivity index (χ2n) is 6.95. The van der Waals surface area contributed by atoms with Gasteiger partial charge in [-0.2, -0.15) is 0 Å². The highest BCUT2D eigenvalue weighted by Gasteiger charge is 2.34. The number of hydrogen-bond acceptors (Lipinski definition) is 3. The molecule has 0 aliphatic carbocycles. The molecule has 25 heavy (non-hydrogen) atoms. The van der Waals surface area contributed by atoms with Gasteiger partial charge < -0.3 is 14.8 Å². The van der Waals surface area contributed by atoms with E-state index in [9.17, 15) is 9.18 Å². The Hall–Kier alpha value is -2.56. The van der Waals surface area contributed by atoms with Crippen LogP contribution in [-0.2, 0) is 4.79 Å². The molecule has 1 aliphatic rings. The van der Waals surface area contributed by atoms with Crippen LogP contribution in [0.15, 0.2) is 42.5 Å². The molecule has 0 aromatic heterocycles. The molecule has 0 saturated heterocycles. The molecule has 5 heteroatoms. The third-order valence-corrected chi connectivity index (χ3v) is 4.16. The standard InChI is InChI=1S/C20H22FNO3/c1-13-8-9-14-16(11-20(2,3)25-18(14)10-13)22-19(23)12-24-17-7-5-4-6-15(17)21/h4-10,16H,11-12H2,1-3H3,(H,22,23). The molecule has 1 N–H and O–H groups in total. The molecule has 0 spiro atoms. The summed E-state index contributed by atoms with van der Waals surface area (Å²) in [5.41, 5.74) is 1.67. The molecule has 3 rings (SSSR count). The van der Waals surface area contributed by atoms with E-state index in [-0.39, 0.29) is 29.9 Å². The van der Waals surface area contributed by atoms with Crippen LogP contribution in [-0.4, -0.2) is 18.1 Å². The van der Waals surface area contributed by atoms with Crippen molar-refractivity contribution in [3.63, 3.8) is 0 Å². The van der Waals surface area contributed by atoms with Gasteiger partial charge in [0, 0.05) is 12.0 Å². The third-order valence-electron chi connectivity index (χ3n) is 4.16. The van der Waals surface area contributed by atoms with Gasteiger partial charge in [0.15, 0.2) is 18.2 Å². The Bertz CT molecular complexity index is 788. The molecule has 1 atom stereocenters. The number of hydrogen-bond donors (Lipinski definition) is 1. The van der Waals surface area contributed by atoms with E-state index in [4.69, 9.17) is 9.47 Å². The van der Waals surface area contributed by atoms with Gasteiger partial charge in [-0.05, 0) is 44.5 Å². The van der Waals surface area contributed by atoms with Crippen LogP contribution in [0.4, 0.5) is 4.39 Å². The predicted octanol–water partition coefficient (Wildman–Crippen LogP) is 3.93. The molecule has 0 bridgehead atoms. The maximum Gasteiger partial charge on any atom is 0.258 e. The zero-order valence-electron chi connectivity index (χ0n) is 14.6. The van der Waals surface area contributed by atoms with Gasteiger partial charge in [-0.15, -0.1) is 0 Å². The number of aryl methyl sites for hydroxylation is 1. The Morgan fingerprint density at radius 3 is 2.84 bits per heavy atom. The predicted molar refractivity (Wildman–Crippen MR) is 93.3 cm³/mol. The maximum absolute atomic E-state index is 13.6. The first-order valence-electron chi connectivity index (χ1n) is 8.30. The van der Waals surface area contributed by atoms with Gasteiger partial charge in [-0.1, -0.05) is 24.3 Å². The first kappa shape index (κ1) is 17.3. The second kappa shape index (κ2) is 6.75. The van der Waals surface area contributed by atoms with Crippen LogP contribution in [0, 0.1) is 12.7 Å². The van der Waals surface area contributed by atoms with Gasteiger partial charge in [0.05, 0.1) is 6.04 Å². The highest BCUT2D eigenvalue weighted by atomic mass is 19.1. The number of para-hydroxylation sites is 1. The fraction of sp³-hybridized carbons (Fsp3) is 0.350. The lowest BCUT2D eigenvalue weighted by Crippen LogP contribution is -2.42. The molecule has 0 fully saturated rings. The van der Waals surface area contributed by atoms with Gasteiger partial charge >= 0.3 is 0 Å². The van der Waals surface area contributed by atoms with Gasteiger partial charge in [0.1, 0.15) is 11.4 Å². The number of fused-ring (bicyclic) bond motifs is 1. The van der Waals surface area contributed by atoms with E-state index in [1.165, 1.54) is 12.1 Å². The zero-order valence-corrected chi connectivity index (χ0v) is 14.6. The van der Waals surface area contributed by atoms with Crippen molar-refractivity contribution in [1.82, 2.24) is 5.32 Å². The van der Waals surface area contributed by atoms with Crippen molar-refractivity contribution in [3.05, 3.63) is 59.4 Å². The topological polar surface area (TPSA) is 47.6 Å². The van der Waals surface area contributed by atoms with Crippen molar-refractivity contribution in [1.29, 1.82) is 0 Å². The minimum atomic E-state index is -0.483. The van der Waals surface area contributed by atoms with Crippen molar-refractivity contribution < 1.29 is 18.7 Å². The summed E-state index contributed by atoms with van der Waals surface area (Å²) in [6.07, 6.45) is 0.647. The number of ether oxygens (including phenoxy) is 2. The SMILES string of the molecule is Cc1ccc2c(c1)OC(C)(C)CC2NC(=O)COc1ccccc1F. The summed E-state index contributed by atoms with van der Waals surface area (Å²) in [6.45, 7) is 5.75. The zero-order chi connectivity index (χ0) is 18.0. The minimum absolute atomic E-state index is 0.0704. The molecule has 132 valence electrons. The van der Waals surface area contributed by atoms with E-state index in [1.54, 1.807) is 12.1 Å². The minimum Gasteiger partial charge on any atom is -0.487 e. The summed E-state index contributed by atoms with van der Waals surface area (Å²) in [5.74, 6) is 0.0818. The van der Waals surface area contributed by atoms with E-state index in [2.05, 4.69) is 5.32 Å². The largest absolute Gasteiger partial charge is 0.487 e. The molecule has 2 aromatic rings. The number of benzene rings is 2. The summed E-state index contributed by atoms with van der Waals surface area (Å²) >= 11 is 0. The number of halogens is 1. The van der Waals surface area contributed by atoms with Crippen LogP contribution in [0.2, 0.25) is 0 Å². The molecular formula is C20H22FNO3. The average Bonchev–Trinajstić information content (AvgIpc) is 2.52. The van der Waals surface area contributed by atoms with Crippen molar-refractivity contribution in [2.45, 2.75) is 38.8 Å². The van der Waals surface area contributed by atoms with Crippen molar-refractivity contribution in [2.24, 2.45) is 0 Å². The molecular weight excluding hydrogens is 321 g/mol. The summed E-state index contributed by atoms with van der Waals surface area (Å²) in [4.78, 5) is 12.3. The maximum atomic E-state index is 13.6. The van der Waals surface area contributed by atoms with E-state index < -0.39 is 5.82 Å². The lowest BCUT2D eigenvalue weighted by molar-refractivity contribution is -0.124. The second-order valence-corrected chi connectivity index (χ2v) is 6.95. The normalized spacial score (nSPS) is 18.0. The summed E-state index contributed by atoms with van der Waals surface area (Å²) in [7, 11) is 0. The molecule has 1 unspecified atom stereocenters. The first-order valence-corrected chi connectivity index (χ1v) is 8.30. The lowest BCUT2D eigenvalue weighted by atomic mass is 9.89. The molecule has 0 saturated carbocycles. The summed E-state index contributed by atoms with van der Waals surface area (Å²) in [5, 5.41) is 2.97. The molecule has 2 aromatic carbocycles. The Morgan fingerprint density at radius 1 is 1.32 bits per heavy atom. The van der Waals surface area contributed by atoms with E-state index in [0.717, 1.165) is 16.9 Å². The summed E-state index contributed by atoms with van der Waals surface area (Å²) < 4.78 is 24.9. The quantitative estimate of drug-likeness (QED) is 0.915. The Balaban J connectivity index is 1.70. The van der Waals surface area contributed by atoms with Crippen LogP contribution >= 0.6 is 0 Å².